The molecule has 2 atom stereocenters. The maximum atomic E-state index is 14.3. The van der Waals surface area contributed by atoms with Crippen molar-refractivity contribution in [1.29, 1.82) is 0 Å². The highest BCUT2D eigenvalue weighted by Gasteiger charge is 2.51. The molecule has 1 aliphatic carbocycles. The van der Waals surface area contributed by atoms with Crippen LogP contribution in [0, 0.1) is 5.92 Å². The molecule has 2 amide bonds. The van der Waals surface area contributed by atoms with Crippen molar-refractivity contribution >= 4 is 23.6 Å². The standard InChI is InChI=1S/C29H38ClN3O6/c1-28(2,3)39-27(36)32-13-11-29(37,21-9-12-31-25(34)16-21)23(18-32)26(35)33(22-6-7-22)17-20-15-19(10-14-38-4)5-8-24(20)30/h5,8-9,12,15-16,22-23,37H,6-7,10-11,13-14,17-18H2,1-4H3,(H,31,34)/t23-,29-/m1/s1. The third-order valence-electron chi connectivity index (χ3n) is 7.28. The second kappa shape index (κ2) is 11.7. The van der Waals surface area contributed by atoms with Crippen LogP contribution in [0.2, 0.25) is 5.02 Å². The summed E-state index contributed by atoms with van der Waals surface area (Å²) >= 11 is 6.56. The van der Waals surface area contributed by atoms with Gasteiger partial charge in [-0.15, -0.1) is 0 Å². The second-order valence-electron chi connectivity index (χ2n) is 11.5. The molecule has 1 aromatic heterocycles. The molecule has 1 saturated carbocycles. The van der Waals surface area contributed by atoms with Crippen molar-refractivity contribution in [3.63, 3.8) is 0 Å². The number of piperidine rings is 1. The Labute approximate surface area is 234 Å². The number of pyridine rings is 1. The van der Waals surface area contributed by atoms with Gasteiger partial charge in [-0.25, -0.2) is 4.79 Å². The van der Waals surface area contributed by atoms with Gasteiger partial charge in [-0.1, -0.05) is 23.7 Å². The summed E-state index contributed by atoms with van der Waals surface area (Å²) in [5.41, 5.74) is -0.509. The van der Waals surface area contributed by atoms with Crippen LogP contribution in [0.25, 0.3) is 0 Å². The van der Waals surface area contributed by atoms with E-state index in [-0.39, 0.29) is 43.6 Å². The van der Waals surface area contributed by atoms with Gasteiger partial charge in [0.25, 0.3) is 0 Å². The Hall–Kier alpha value is -2.88. The lowest BCUT2D eigenvalue weighted by Crippen LogP contribution is -2.58. The van der Waals surface area contributed by atoms with Crippen molar-refractivity contribution in [1.82, 2.24) is 14.8 Å². The molecule has 9 nitrogen and oxygen atoms in total. The number of likely N-dealkylation sites (tertiary alicyclic amines) is 1. The number of amides is 2. The number of hydrogen-bond donors (Lipinski definition) is 2. The largest absolute Gasteiger partial charge is 0.444 e. The molecule has 2 heterocycles. The predicted octanol–water partition coefficient (Wildman–Crippen LogP) is 3.85. The van der Waals surface area contributed by atoms with Gasteiger partial charge in [0.2, 0.25) is 11.5 Å². The summed E-state index contributed by atoms with van der Waals surface area (Å²) in [5.74, 6) is -1.29. The maximum Gasteiger partial charge on any atom is 0.410 e. The van der Waals surface area contributed by atoms with Crippen molar-refractivity contribution < 1.29 is 24.2 Å². The SMILES string of the molecule is COCCc1ccc(Cl)c(CN(C(=O)[C@H]2CN(C(=O)OC(C)(C)C)CC[C@@]2(O)c2cc[nH]c(=O)c2)C2CC2)c1. The maximum absolute atomic E-state index is 14.3. The first-order valence-corrected chi connectivity index (χ1v) is 13.8. The summed E-state index contributed by atoms with van der Waals surface area (Å²) in [6, 6.07) is 8.70. The van der Waals surface area contributed by atoms with Crippen LogP contribution in [-0.4, -0.2) is 70.3 Å². The van der Waals surface area contributed by atoms with E-state index in [4.69, 9.17) is 21.1 Å². The molecule has 212 valence electrons. The number of carbonyl (C=O) groups excluding carboxylic acids is 2. The second-order valence-corrected chi connectivity index (χ2v) is 11.9. The van der Waals surface area contributed by atoms with Crippen LogP contribution in [-0.2, 0) is 32.8 Å². The summed E-state index contributed by atoms with van der Waals surface area (Å²) in [7, 11) is 1.65. The molecule has 0 unspecified atom stereocenters. The van der Waals surface area contributed by atoms with Gasteiger partial charge in [0.05, 0.1) is 12.5 Å². The van der Waals surface area contributed by atoms with Gasteiger partial charge >= 0.3 is 6.09 Å². The number of hydrogen-bond acceptors (Lipinski definition) is 6. The summed E-state index contributed by atoms with van der Waals surface area (Å²) < 4.78 is 10.8. The van der Waals surface area contributed by atoms with E-state index >= 15 is 0 Å². The van der Waals surface area contributed by atoms with Gasteiger partial charge in [-0.2, -0.15) is 0 Å². The monoisotopic (exact) mass is 559 g/mol. The van der Waals surface area contributed by atoms with Crippen LogP contribution in [0.3, 0.4) is 0 Å². The highest BCUT2D eigenvalue weighted by atomic mass is 35.5. The molecule has 1 aliphatic heterocycles. The molecule has 0 spiro atoms. The quantitative estimate of drug-likeness (QED) is 0.508. The minimum absolute atomic E-state index is 0.0107. The first-order valence-electron chi connectivity index (χ1n) is 13.4. The molecule has 0 bridgehead atoms. The van der Waals surface area contributed by atoms with Crippen molar-refractivity contribution in [2.45, 2.75) is 70.2 Å². The number of aromatic nitrogens is 1. The third kappa shape index (κ3) is 7.01. The van der Waals surface area contributed by atoms with Crippen molar-refractivity contribution in [3.8, 4) is 0 Å². The highest BCUT2D eigenvalue weighted by Crippen LogP contribution is 2.41. The minimum Gasteiger partial charge on any atom is -0.444 e. The molecule has 10 heteroatoms. The van der Waals surface area contributed by atoms with Gasteiger partial charge in [-0.05, 0) is 75.3 Å². The van der Waals surface area contributed by atoms with Crippen LogP contribution in [0.4, 0.5) is 4.79 Å². The summed E-state index contributed by atoms with van der Waals surface area (Å²) in [4.78, 5) is 45.2. The van der Waals surface area contributed by atoms with Crippen LogP contribution < -0.4 is 5.56 Å². The molecule has 2 N–H and O–H groups in total. The van der Waals surface area contributed by atoms with Crippen LogP contribution in [0.1, 0.15) is 56.7 Å². The van der Waals surface area contributed by atoms with Crippen molar-refractivity contribution in [2.24, 2.45) is 5.92 Å². The summed E-state index contributed by atoms with van der Waals surface area (Å²) in [6.07, 6.45) is 3.41. The Balaban J connectivity index is 1.67. The minimum atomic E-state index is -1.64. The fraction of sp³-hybridized carbons (Fsp3) is 0.552. The van der Waals surface area contributed by atoms with E-state index in [0.717, 1.165) is 24.0 Å². The Morgan fingerprint density at radius 3 is 2.62 bits per heavy atom. The number of H-pyrrole nitrogens is 1. The van der Waals surface area contributed by atoms with Crippen LogP contribution >= 0.6 is 11.6 Å². The average Bonchev–Trinajstić information content (AvgIpc) is 3.71. The van der Waals surface area contributed by atoms with E-state index in [1.54, 1.807) is 38.8 Å². The fourth-order valence-electron chi connectivity index (χ4n) is 5.06. The van der Waals surface area contributed by atoms with E-state index in [1.807, 2.05) is 18.2 Å². The predicted molar refractivity (Wildman–Crippen MR) is 147 cm³/mol. The van der Waals surface area contributed by atoms with Crippen LogP contribution in [0.15, 0.2) is 41.3 Å². The molecule has 1 saturated heterocycles. The number of halogens is 1. The lowest BCUT2D eigenvalue weighted by Gasteiger charge is -2.45. The zero-order valence-electron chi connectivity index (χ0n) is 23.0. The van der Waals surface area contributed by atoms with E-state index in [9.17, 15) is 19.5 Å². The lowest BCUT2D eigenvalue weighted by atomic mass is 9.75. The molecular formula is C29H38ClN3O6. The number of methoxy groups -OCH3 is 1. The Bertz CT molecular complexity index is 1250. The zero-order chi connectivity index (χ0) is 28.4. The molecule has 2 aliphatic rings. The molecule has 2 fully saturated rings. The van der Waals surface area contributed by atoms with Gasteiger partial charge in [0.1, 0.15) is 11.2 Å². The number of aliphatic hydroxyl groups is 1. The Kier molecular flexibility index (Phi) is 8.73. The van der Waals surface area contributed by atoms with E-state index in [1.165, 1.54) is 17.2 Å². The lowest BCUT2D eigenvalue weighted by molar-refractivity contribution is -0.155. The van der Waals surface area contributed by atoms with Crippen molar-refractivity contribution in [2.75, 3.05) is 26.8 Å². The average molecular weight is 560 g/mol. The van der Waals surface area contributed by atoms with Crippen molar-refractivity contribution in [3.05, 3.63) is 68.6 Å². The number of carbonyl (C=O) groups is 2. The van der Waals surface area contributed by atoms with Gasteiger partial charge in [-0.3, -0.25) is 9.59 Å². The van der Waals surface area contributed by atoms with Gasteiger partial charge < -0.3 is 29.4 Å². The number of aromatic amines is 1. The number of benzene rings is 1. The van der Waals surface area contributed by atoms with E-state index in [0.29, 0.717) is 23.6 Å². The normalized spacial score (nSPS) is 21.5. The molecule has 1 aromatic carbocycles. The summed E-state index contributed by atoms with van der Waals surface area (Å²) in [6.45, 7) is 6.33. The zero-order valence-corrected chi connectivity index (χ0v) is 23.8. The number of ether oxygens (including phenoxy) is 2. The smallest absolute Gasteiger partial charge is 0.410 e. The Morgan fingerprint density at radius 2 is 1.97 bits per heavy atom. The van der Waals surface area contributed by atoms with Crippen LogP contribution in [0.5, 0.6) is 0 Å². The molecule has 39 heavy (non-hydrogen) atoms. The number of nitrogens with zero attached hydrogens (tertiary/aromatic N) is 2. The first-order chi connectivity index (χ1) is 18.4. The first kappa shape index (κ1) is 29.1. The van der Waals surface area contributed by atoms with Gasteiger partial charge in [0, 0.05) is 50.1 Å². The molecule has 2 aromatic rings. The third-order valence-corrected chi connectivity index (χ3v) is 7.65. The fourth-order valence-corrected chi connectivity index (χ4v) is 5.24. The number of rotatable bonds is 8. The number of nitrogens with one attached hydrogen (secondary N) is 1. The molecule has 0 radical (unpaired) electrons. The van der Waals surface area contributed by atoms with E-state index < -0.39 is 23.2 Å². The topological polar surface area (TPSA) is 112 Å². The summed E-state index contributed by atoms with van der Waals surface area (Å²) in [5, 5.41) is 12.6. The van der Waals surface area contributed by atoms with Gasteiger partial charge in [0.15, 0.2) is 0 Å². The highest BCUT2D eigenvalue weighted by molar-refractivity contribution is 6.31. The molecular weight excluding hydrogens is 522 g/mol. The molecule has 4 rings (SSSR count). The van der Waals surface area contributed by atoms with E-state index in [2.05, 4.69) is 4.98 Å². The Morgan fingerprint density at radius 1 is 1.23 bits per heavy atom.